The normalized spacial score (nSPS) is 16.2. The van der Waals surface area contributed by atoms with E-state index in [0.29, 0.717) is 24.2 Å². The first-order valence-electron chi connectivity index (χ1n) is 8.81. The van der Waals surface area contributed by atoms with Gasteiger partial charge in [-0.2, -0.15) is 4.31 Å². The second-order valence-electron chi connectivity index (χ2n) is 6.28. The standard InChI is InChI=1S/C18H28N2O3S/c1-4-20(5-2)24(22,23)17-14-16(11-10-15(17)3)18(21)19-12-8-6-7-9-13-19/h10-11,14H,4-9,12-13H2,1-3H3. The van der Waals surface area contributed by atoms with E-state index in [-0.39, 0.29) is 10.8 Å². The van der Waals surface area contributed by atoms with Crippen molar-refractivity contribution < 1.29 is 13.2 Å². The van der Waals surface area contributed by atoms with Gasteiger partial charge in [0.2, 0.25) is 10.0 Å². The third kappa shape index (κ3) is 3.98. The van der Waals surface area contributed by atoms with Crippen LogP contribution < -0.4 is 0 Å². The van der Waals surface area contributed by atoms with Gasteiger partial charge in [-0.3, -0.25) is 4.79 Å². The molecule has 0 unspecified atom stereocenters. The molecule has 1 aliphatic heterocycles. The minimum Gasteiger partial charge on any atom is -0.339 e. The molecule has 0 radical (unpaired) electrons. The van der Waals surface area contributed by atoms with Gasteiger partial charge in [-0.1, -0.05) is 32.8 Å². The van der Waals surface area contributed by atoms with Crippen molar-refractivity contribution in [2.75, 3.05) is 26.2 Å². The molecular weight excluding hydrogens is 324 g/mol. The Morgan fingerprint density at radius 1 is 1.08 bits per heavy atom. The summed E-state index contributed by atoms with van der Waals surface area (Å²) in [5.74, 6) is -0.0621. The Kier molecular flexibility index (Phi) is 6.40. The first-order chi connectivity index (χ1) is 11.4. The molecule has 134 valence electrons. The van der Waals surface area contributed by atoms with Gasteiger partial charge >= 0.3 is 0 Å². The first kappa shape index (κ1) is 18.9. The SMILES string of the molecule is CCN(CC)S(=O)(=O)c1cc(C(=O)N2CCCCCC2)ccc1C. The van der Waals surface area contributed by atoms with E-state index in [4.69, 9.17) is 0 Å². The van der Waals surface area contributed by atoms with Crippen LogP contribution in [0.1, 0.15) is 55.5 Å². The van der Waals surface area contributed by atoms with Crippen molar-refractivity contribution in [3.8, 4) is 0 Å². The molecule has 0 saturated carbocycles. The van der Waals surface area contributed by atoms with E-state index in [1.54, 1.807) is 25.1 Å². The van der Waals surface area contributed by atoms with Crippen molar-refractivity contribution in [3.63, 3.8) is 0 Å². The van der Waals surface area contributed by atoms with E-state index in [1.807, 2.05) is 18.7 Å². The van der Waals surface area contributed by atoms with Crippen LogP contribution in [0.5, 0.6) is 0 Å². The summed E-state index contributed by atoms with van der Waals surface area (Å²) in [6.45, 7) is 7.77. The number of nitrogens with zero attached hydrogens (tertiary/aromatic N) is 2. The maximum atomic E-state index is 12.8. The highest BCUT2D eigenvalue weighted by Gasteiger charge is 2.26. The molecule has 6 heteroatoms. The largest absolute Gasteiger partial charge is 0.339 e. The van der Waals surface area contributed by atoms with Gasteiger partial charge in [0.1, 0.15) is 0 Å². The second-order valence-corrected chi connectivity index (χ2v) is 8.18. The van der Waals surface area contributed by atoms with Crippen molar-refractivity contribution in [1.82, 2.24) is 9.21 Å². The highest BCUT2D eigenvalue weighted by atomic mass is 32.2. The predicted molar refractivity (Wildman–Crippen MR) is 95.7 cm³/mol. The number of hydrogen-bond donors (Lipinski definition) is 0. The van der Waals surface area contributed by atoms with Crippen molar-refractivity contribution in [1.29, 1.82) is 0 Å². The molecule has 0 aliphatic carbocycles. The van der Waals surface area contributed by atoms with Crippen LogP contribution in [0.3, 0.4) is 0 Å². The Hall–Kier alpha value is -1.40. The molecule has 2 rings (SSSR count). The van der Waals surface area contributed by atoms with Gasteiger partial charge in [-0.15, -0.1) is 0 Å². The lowest BCUT2D eigenvalue weighted by Gasteiger charge is -2.22. The number of benzene rings is 1. The van der Waals surface area contributed by atoms with Gasteiger partial charge in [-0.05, 0) is 37.5 Å². The number of hydrogen-bond acceptors (Lipinski definition) is 3. The summed E-state index contributed by atoms with van der Waals surface area (Å²) in [6, 6.07) is 5.03. The van der Waals surface area contributed by atoms with Crippen LogP contribution in [-0.2, 0) is 10.0 Å². The fraction of sp³-hybridized carbons (Fsp3) is 0.611. The maximum absolute atomic E-state index is 12.8. The number of carbonyl (C=O) groups excluding carboxylic acids is 1. The first-order valence-corrected chi connectivity index (χ1v) is 10.3. The molecule has 0 bridgehead atoms. The third-order valence-corrected chi connectivity index (χ3v) is 6.84. The van der Waals surface area contributed by atoms with Crippen LogP contribution in [0.4, 0.5) is 0 Å². The number of rotatable bonds is 5. The summed E-state index contributed by atoms with van der Waals surface area (Å²) < 4.78 is 27.1. The molecule has 0 N–H and O–H groups in total. The van der Waals surface area contributed by atoms with E-state index >= 15 is 0 Å². The predicted octanol–water partition coefficient (Wildman–Crippen LogP) is 3.04. The Balaban J connectivity index is 2.36. The lowest BCUT2D eigenvalue weighted by molar-refractivity contribution is 0.0761. The Labute approximate surface area is 145 Å². The molecule has 1 amide bonds. The zero-order valence-corrected chi connectivity index (χ0v) is 15.7. The average Bonchev–Trinajstić information content (AvgIpc) is 2.84. The quantitative estimate of drug-likeness (QED) is 0.818. The van der Waals surface area contributed by atoms with Crippen LogP contribution in [0.2, 0.25) is 0 Å². The Bertz CT molecular complexity index is 674. The summed E-state index contributed by atoms with van der Waals surface area (Å²) >= 11 is 0. The van der Waals surface area contributed by atoms with Gasteiger partial charge in [0.05, 0.1) is 4.90 Å². The molecule has 5 nitrogen and oxygen atoms in total. The number of amides is 1. The molecule has 1 aliphatic rings. The van der Waals surface area contributed by atoms with Gasteiger partial charge in [0.15, 0.2) is 0 Å². The minimum atomic E-state index is -3.56. The fourth-order valence-electron chi connectivity index (χ4n) is 3.17. The lowest BCUT2D eigenvalue weighted by Crippen LogP contribution is -2.33. The highest BCUT2D eigenvalue weighted by molar-refractivity contribution is 7.89. The zero-order chi connectivity index (χ0) is 17.7. The molecule has 0 spiro atoms. The fourth-order valence-corrected chi connectivity index (χ4v) is 4.88. The van der Waals surface area contributed by atoms with Crippen LogP contribution in [0.15, 0.2) is 23.1 Å². The summed E-state index contributed by atoms with van der Waals surface area (Å²) in [5, 5.41) is 0. The third-order valence-electron chi connectivity index (χ3n) is 4.65. The van der Waals surface area contributed by atoms with Crippen LogP contribution in [0.25, 0.3) is 0 Å². The molecule has 0 aromatic heterocycles. The van der Waals surface area contributed by atoms with Crippen molar-refractivity contribution in [2.45, 2.75) is 51.3 Å². The number of likely N-dealkylation sites (tertiary alicyclic amines) is 1. The highest BCUT2D eigenvalue weighted by Crippen LogP contribution is 2.23. The second kappa shape index (κ2) is 8.12. The van der Waals surface area contributed by atoms with Crippen LogP contribution in [0, 0.1) is 6.92 Å². The molecule has 1 aromatic carbocycles. The molecule has 1 aromatic rings. The average molecular weight is 353 g/mol. The molecule has 1 saturated heterocycles. The summed E-state index contributed by atoms with van der Waals surface area (Å²) in [5.41, 5.74) is 1.14. The molecular formula is C18H28N2O3S. The van der Waals surface area contributed by atoms with Crippen LogP contribution in [-0.4, -0.2) is 49.7 Å². The van der Waals surface area contributed by atoms with E-state index in [9.17, 15) is 13.2 Å². The van der Waals surface area contributed by atoms with E-state index in [2.05, 4.69) is 0 Å². The zero-order valence-electron chi connectivity index (χ0n) is 14.9. The monoisotopic (exact) mass is 352 g/mol. The van der Waals surface area contributed by atoms with E-state index in [1.165, 1.54) is 4.31 Å². The molecule has 24 heavy (non-hydrogen) atoms. The lowest BCUT2D eigenvalue weighted by atomic mass is 10.1. The van der Waals surface area contributed by atoms with Gasteiger partial charge in [0.25, 0.3) is 5.91 Å². The minimum absolute atomic E-state index is 0.0621. The molecule has 0 atom stereocenters. The van der Waals surface area contributed by atoms with Crippen molar-refractivity contribution in [2.24, 2.45) is 0 Å². The van der Waals surface area contributed by atoms with Crippen LogP contribution >= 0.6 is 0 Å². The van der Waals surface area contributed by atoms with Crippen molar-refractivity contribution in [3.05, 3.63) is 29.3 Å². The Morgan fingerprint density at radius 3 is 2.21 bits per heavy atom. The molecule has 1 heterocycles. The number of aryl methyl sites for hydroxylation is 1. The van der Waals surface area contributed by atoms with E-state index in [0.717, 1.165) is 38.8 Å². The summed E-state index contributed by atoms with van der Waals surface area (Å²) in [4.78, 5) is 14.9. The summed E-state index contributed by atoms with van der Waals surface area (Å²) in [7, 11) is -3.56. The molecule has 1 fully saturated rings. The van der Waals surface area contributed by atoms with Gasteiger partial charge < -0.3 is 4.90 Å². The Morgan fingerprint density at radius 2 is 1.67 bits per heavy atom. The smallest absolute Gasteiger partial charge is 0.253 e. The topological polar surface area (TPSA) is 57.7 Å². The van der Waals surface area contributed by atoms with Gasteiger partial charge in [-0.25, -0.2) is 8.42 Å². The van der Waals surface area contributed by atoms with Crippen molar-refractivity contribution >= 4 is 15.9 Å². The van der Waals surface area contributed by atoms with E-state index < -0.39 is 10.0 Å². The maximum Gasteiger partial charge on any atom is 0.253 e. The number of carbonyl (C=O) groups is 1. The number of sulfonamides is 1. The van der Waals surface area contributed by atoms with Gasteiger partial charge in [0, 0.05) is 31.7 Å². The summed E-state index contributed by atoms with van der Waals surface area (Å²) in [6.07, 6.45) is 4.34.